The predicted molar refractivity (Wildman–Crippen MR) is 147 cm³/mol. The number of benzene rings is 4. The summed E-state index contributed by atoms with van der Waals surface area (Å²) in [5.41, 5.74) is 2.97. The minimum Gasteiger partial charge on any atom is -0.478 e. The molecule has 0 fully saturated rings. The fourth-order valence-electron chi connectivity index (χ4n) is 4.72. The molecule has 0 atom stereocenters. The number of carbonyl (C=O) groups excluding carboxylic acids is 1. The molecule has 5 aromatic rings. The molecule has 0 unspecified atom stereocenters. The van der Waals surface area contributed by atoms with Gasteiger partial charge in [-0.1, -0.05) is 24.3 Å². The van der Waals surface area contributed by atoms with Crippen molar-refractivity contribution in [3.8, 4) is 17.2 Å². The molecule has 0 saturated carbocycles. The van der Waals surface area contributed by atoms with E-state index in [0.29, 0.717) is 38.7 Å². The van der Waals surface area contributed by atoms with E-state index in [1.165, 1.54) is 36.4 Å². The maximum atomic E-state index is 14.3. The van der Waals surface area contributed by atoms with Crippen LogP contribution in [0.2, 0.25) is 0 Å². The first-order chi connectivity index (χ1) is 20.0. The van der Waals surface area contributed by atoms with Crippen molar-refractivity contribution in [3.63, 3.8) is 0 Å². The quantitative estimate of drug-likeness (QED) is 0.182. The van der Waals surface area contributed by atoms with E-state index < -0.39 is 29.4 Å². The molecule has 0 bridgehead atoms. The maximum absolute atomic E-state index is 14.3. The first kappa shape index (κ1) is 28.1. The van der Waals surface area contributed by atoms with Gasteiger partial charge in [-0.2, -0.15) is 18.4 Å². The number of nitrogens with one attached hydrogen (secondary N) is 2. The number of halogens is 4. The van der Waals surface area contributed by atoms with Crippen LogP contribution in [0.15, 0.2) is 85.1 Å². The highest BCUT2D eigenvalue weighted by molar-refractivity contribution is 6.09. The molecule has 0 saturated heterocycles. The van der Waals surface area contributed by atoms with Gasteiger partial charge in [0.2, 0.25) is 0 Å². The maximum Gasteiger partial charge on any atom is 0.416 e. The van der Waals surface area contributed by atoms with Crippen molar-refractivity contribution in [2.45, 2.75) is 19.1 Å². The number of aromatic amines is 1. The largest absolute Gasteiger partial charge is 0.478 e. The van der Waals surface area contributed by atoms with Gasteiger partial charge in [0, 0.05) is 29.2 Å². The van der Waals surface area contributed by atoms with Crippen LogP contribution in [0.5, 0.6) is 0 Å². The van der Waals surface area contributed by atoms with Gasteiger partial charge in [0.1, 0.15) is 5.82 Å². The number of fused-ring (bicyclic) bond motifs is 1. The Morgan fingerprint density at radius 1 is 0.905 bits per heavy atom. The van der Waals surface area contributed by atoms with Crippen molar-refractivity contribution in [1.82, 2.24) is 10.3 Å². The van der Waals surface area contributed by atoms with Gasteiger partial charge in [-0.25, -0.2) is 9.18 Å². The van der Waals surface area contributed by atoms with Crippen molar-refractivity contribution in [3.05, 3.63) is 130 Å². The zero-order valence-corrected chi connectivity index (χ0v) is 21.7. The van der Waals surface area contributed by atoms with Crippen LogP contribution in [-0.2, 0) is 19.1 Å². The normalized spacial score (nSPS) is 11.3. The van der Waals surface area contributed by atoms with Crippen LogP contribution in [0.4, 0.5) is 17.6 Å². The van der Waals surface area contributed by atoms with E-state index in [9.17, 15) is 32.4 Å². The summed E-state index contributed by atoms with van der Waals surface area (Å²) in [6.45, 7) is 0.0850. The average Bonchev–Trinajstić information content (AvgIpc) is 3.37. The number of carboxylic acid groups (broad SMARTS) is 1. The Hall–Kier alpha value is -5.43. The van der Waals surface area contributed by atoms with Gasteiger partial charge in [-0.05, 0) is 88.8 Å². The molecule has 210 valence electrons. The highest BCUT2D eigenvalue weighted by Gasteiger charge is 2.30. The fraction of sp³-hybridized carbons (Fsp3) is 0.0938. The van der Waals surface area contributed by atoms with E-state index in [1.807, 2.05) is 6.07 Å². The second-order valence-corrected chi connectivity index (χ2v) is 9.66. The van der Waals surface area contributed by atoms with Crippen molar-refractivity contribution < 1.29 is 32.3 Å². The zero-order valence-electron chi connectivity index (χ0n) is 21.7. The number of alkyl halides is 3. The highest BCUT2D eigenvalue weighted by atomic mass is 19.4. The molecule has 1 amide bonds. The van der Waals surface area contributed by atoms with Crippen LogP contribution in [0.1, 0.15) is 48.5 Å². The van der Waals surface area contributed by atoms with E-state index in [-0.39, 0.29) is 29.7 Å². The van der Waals surface area contributed by atoms with Gasteiger partial charge in [-0.15, -0.1) is 0 Å². The van der Waals surface area contributed by atoms with Crippen LogP contribution in [-0.4, -0.2) is 22.0 Å². The van der Waals surface area contributed by atoms with Crippen LogP contribution < -0.4 is 5.32 Å². The van der Waals surface area contributed by atoms with E-state index in [1.54, 1.807) is 30.5 Å². The number of rotatable bonds is 7. The lowest BCUT2D eigenvalue weighted by molar-refractivity contribution is -0.137. The molecular weight excluding hydrogens is 550 g/mol. The number of nitriles is 1. The summed E-state index contributed by atoms with van der Waals surface area (Å²) < 4.78 is 53.4. The molecule has 0 aliphatic carbocycles. The third kappa shape index (κ3) is 6.00. The minimum absolute atomic E-state index is 0.0850. The molecule has 3 N–H and O–H groups in total. The highest BCUT2D eigenvalue weighted by Crippen LogP contribution is 2.33. The lowest BCUT2D eigenvalue weighted by atomic mass is 9.95. The molecule has 0 radical (unpaired) electrons. The monoisotopic (exact) mass is 571 g/mol. The van der Waals surface area contributed by atoms with E-state index in [0.717, 1.165) is 18.2 Å². The SMILES string of the molecule is N#Cc1cc(F)cc(-c2cc(C(=O)NCc3ccc(C(=O)O)cc3)c3c(Cc4ccc(C(F)(F)F)cc4)c[nH]c3c2)c1. The second-order valence-electron chi connectivity index (χ2n) is 9.66. The van der Waals surface area contributed by atoms with Crippen molar-refractivity contribution >= 4 is 22.8 Å². The molecule has 42 heavy (non-hydrogen) atoms. The molecule has 5 rings (SSSR count). The first-order valence-electron chi connectivity index (χ1n) is 12.6. The molecular formula is C32H21F4N3O3. The number of H-pyrrole nitrogens is 1. The molecule has 0 aliphatic rings. The Balaban J connectivity index is 1.53. The van der Waals surface area contributed by atoms with Crippen LogP contribution in [0.25, 0.3) is 22.0 Å². The molecule has 10 heteroatoms. The van der Waals surface area contributed by atoms with Crippen LogP contribution >= 0.6 is 0 Å². The van der Waals surface area contributed by atoms with Crippen molar-refractivity contribution in [2.75, 3.05) is 0 Å². The summed E-state index contributed by atoms with van der Waals surface area (Å²) >= 11 is 0. The molecule has 1 heterocycles. The molecule has 6 nitrogen and oxygen atoms in total. The number of carboxylic acids is 1. The van der Waals surface area contributed by atoms with Crippen LogP contribution in [0, 0.1) is 17.1 Å². The number of hydrogen-bond acceptors (Lipinski definition) is 3. The number of amides is 1. The van der Waals surface area contributed by atoms with Crippen molar-refractivity contribution in [2.24, 2.45) is 0 Å². The summed E-state index contributed by atoms with van der Waals surface area (Å²) in [7, 11) is 0. The lowest BCUT2D eigenvalue weighted by Gasteiger charge is -2.12. The van der Waals surface area contributed by atoms with E-state index >= 15 is 0 Å². The lowest BCUT2D eigenvalue weighted by Crippen LogP contribution is -2.23. The van der Waals surface area contributed by atoms with E-state index in [4.69, 9.17) is 5.11 Å². The second kappa shape index (κ2) is 11.2. The standard InChI is InChI=1S/C32H21F4N3O3/c33-26-11-20(15-37)10-22(12-26)23-13-27(30(40)39-16-19-1-5-21(6-2-19)31(41)42)29-24(17-38-28(29)14-23)9-18-3-7-25(8-4-18)32(34,35)36/h1-8,10-14,17,38H,9,16H2,(H,39,40)(H,41,42). The Kier molecular flexibility index (Phi) is 7.51. The smallest absolute Gasteiger partial charge is 0.416 e. The van der Waals surface area contributed by atoms with Gasteiger partial charge in [0.15, 0.2) is 0 Å². The van der Waals surface area contributed by atoms with Gasteiger partial charge in [0.25, 0.3) is 5.91 Å². The summed E-state index contributed by atoms with van der Waals surface area (Å²) in [6, 6.07) is 19.8. The van der Waals surface area contributed by atoms with Crippen LogP contribution in [0.3, 0.4) is 0 Å². The summed E-state index contributed by atoms with van der Waals surface area (Å²) in [5, 5.41) is 21.8. The van der Waals surface area contributed by atoms with Gasteiger partial charge < -0.3 is 15.4 Å². The summed E-state index contributed by atoms with van der Waals surface area (Å²) in [5.74, 6) is -2.17. The van der Waals surface area contributed by atoms with E-state index in [2.05, 4.69) is 10.3 Å². The first-order valence-corrected chi connectivity index (χ1v) is 12.6. The van der Waals surface area contributed by atoms with Crippen molar-refractivity contribution in [1.29, 1.82) is 5.26 Å². The predicted octanol–water partition coefficient (Wildman–Crippen LogP) is 7.08. The number of hydrogen-bond donors (Lipinski definition) is 3. The number of nitrogens with zero attached hydrogens (tertiary/aromatic N) is 1. The Morgan fingerprint density at radius 2 is 1.57 bits per heavy atom. The zero-order chi connectivity index (χ0) is 30.0. The summed E-state index contributed by atoms with van der Waals surface area (Å²) in [6.07, 6.45) is -2.57. The Bertz CT molecular complexity index is 1850. The third-order valence-electron chi connectivity index (χ3n) is 6.80. The topological polar surface area (TPSA) is 106 Å². The summed E-state index contributed by atoms with van der Waals surface area (Å²) in [4.78, 5) is 27.8. The Labute approximate surface area is 236 Å². The minimum atomic E-state index is -4.46. The van der Waals surface area contributed by atoms with Gasteiger partial charge >= 0.3 is 12.1 Å². The number of aromatic carboxylic acids is 1. The third-order valence-corrected chi connectivity index (χ3v) is 6.80. The fourth-order valence-corrected chi connectivity index (χ4v) is 4.72. The molecule has 0 aliphatic heterocycles. The molecule has 4 aromatic carbocycles. The Morgan fingerprint density at radius 3 is 2.21 bits per heavy atom. The van der Waals surface area contributed by atoms with Gasteiger partial charge in [-0.3, -0.25) is 4.79 Å². The number of aromatic nitrogens is 1. The number of carbonyl (C=O) groups is 2. The average molecular weight is 572 g/mol. The molecule has 1 aromatic heterocycles. The van der Waals surface area contributed by atoms with Gasteiger partial charge in [0.05, 0.1) is 22.8 Å². The molecule has 0 spiro atoms.